The summed E-state index contributed by atoms with van der Waals surface area (Å²) in [5, 5.41) is 8.43. The number of methoxy groups -OCH3 is 1. The summed E-state index contributed by atoms with van der Waals surface area (Å²) in [4.78, 5) is 24.1. The number of rotatable bonds is 5. The zero-order valence-electron chi connectivity index (χ0n) is 19.0. The van der Waals surface area contributed by atoms with Crippen LogP contribution in [0.15, 0.2) is 30.5 Å². The fraction of sp³-hybridized carbons (Fsp3) is 0.375. The van der Waals surface area contributed by atoms with Gasteiger partial charge < -0.3 is 15.0 Å². The fourth-order valence-electron chi connectivity index (χ4n) is 4.86. The Balaban J connectivity index is 1.24. The summed E-state index contributed by atoms with van der Waals surface area (Å²) in [5.41, 5.74) is 0.472. The van der Waals surface area contributed by atoms with Crippen LogP contribution in [0.5, 0.6) is 5.75 Å². The van der Waals surface area contributed by atoms with Gasteiger partial charge in [0.2, 0.25) is 0 Å². The number of likely N-dealkylation sites (tertiary alicyclic amines) is 1. The second-order valence-electron chi connectivity index (χ2n) is 8.92. The van der Waals surface area contributed by atoms with Crippen molar-refractivity contribution in [3.63, 3.8) is 0 Å². The lowest BCUT2D eigenvalue weighted by Crippen LogP contribution is -2.46. The van der Waals surface area contributed by atoms with Crippen molar-refractivity contribution in [2.75, 3.05) is 43.5 Å². The van der Waals surface area contributed by atoms with Crippen LogP contribution in [-0.2, 0) is 7.05 Å². The van der Waals surface area contributed by atoms with Crippen LogP contribution in [0.3, 0.4) is 0 Å². The molecule has 2 aliphatic rings. The van der Waals surface area contributed by atoms with Crippen molar-refractivity contribution in [1.29, 1.82) is 0 Å². The first-order valence-electron chi connectivity index (χ1n) is 11.4. The molecule has 34 heavy (non-hydrogen) atoms. The molecule has 6 rings (SSSR count). The molecule has 2 saturated heterocycles. The number of amides is 1. The van der Waals surface area contributed by atoms with E-state index >= 15 is 0 Å². The zero-order valence-corrected chi connectivity index (χ0v) is 19.9. The minimum absolute atomic E-state index is 0.0353. The van der Waals surface area contributed by atoms with E-state index in [1.54, 1.807) is 19.3 Å². The third-order valence-electron chi connectivity index (χ3n) is 6.75. The van der Waals surface area contributed by atoms with Gasteiger partial charge in [0.25, 0.3) is 5.91 Å². The molecule has 1 aromatic carbocycles. The minimum atomic E-state index is -0.597. The summed E-state index contributed by atoms with van der Waals surface area (Å²) in [5.74, 6) is -0.00725. The number of ether oxygens (including phenoxy) is 1. The maximum absolute atomic E-state index is 14.9. The molecule has 8 nitrogen and oxygen atoms in total. The van der Waals surface area contributed by atoms with E-state index in [1.165, 1.54) is 42.6 Å². The van der Waals surface area contributed by atoms with E-state index in [0.717, 1.165) is 35.5 Å². The lowest BCUT2D eigenvalue weighted by atomic mass is 10.1. The summed E-state index contributed by atoms with van der Waals surface area (Å²) in [6.45, 7) is 4.41. The molecule has 0 aliphatic carbocycles. The number of hydrogen-bond donors (Lipinski definition) is 1. The van der Waals surface area contributed by atoms with E-state index in [1.807, 2.05) is 18.2 Å². The number of nitrogens with zero attached hydrogens (tertiary/aromatic N) is 5. The molecule has 2 aliphatic heterocycles. The van der Waals surface area contributed by atoms with Gasteiger partial charge in [-0.25, -0.2) is 9.37 Å². The summed E-state index contributed by atoms with van der Waals surface area (Å²) in [6.07, 6.45) is 4.16. The van der Waals surface area contributed by atoms with Gasteiger partial charge in [0.05, 0.1) is 17.7 Å². The molecule has 10 heteroatoms. The third-order valence-corrected chi connectivity index (χ3v) is 7.79. The standard InChI is InChI=1S/C24H25FN6O2S/c1-29-12-15-10-17(22(33-2)20(25)21(15)28-29)26-23(32)18-11-14-4-5-19(27-24(14)34-18)31-9-6-16(13-31)30-7-3-8-30/h4-5,10-12,16H,3,6-9,13H2,1-2H3,(H,26,32)/t16-/m0/s1. The lowest BCUT2D eigenvalue weighted by molar-refractivity contribution is 0.103. The predicted molar refractivity (Wildman–Crippen MR) is 132 cm³/mol. The van der Waals surface area contributed by atoms with Crippen LogP contribution in [0.25, 0.3) is 21.1 Å². The number of fused-ring (bicyclic) bond motifs is 2. The quantitative estimate of drug-likeness (QED) is 0.468. The van der Waals surface area contributed by atoms with Crippen molar-refractivity contribution in [1.82, 2.24) is 19.7 Å². The highest BCUT2D eigenvalue weighted by Crippen LogP contribution is 2.35. The van der Waals surface area contributed by atoms with Crippen molar-refractivity contribution in [2.45, 2.75) is 18.9 Å². The monoisotopic (exact) mass is 480 g/mol. The van der Waals surface area contributed by atoms with Crippen molar-refractivity contribution in [2.24, 2.45) is 7.05 Å². The fourth-order valence-corrected chi connectivity index (χ4v) is 5.78. The Labute approximate surface area is 199 Å². The van der Waals surface area contributed by atoms with Gasteiger partial charge in [-0.1, -0.05) is 0 Å². The molecule has 0 saturated carbocycles. The van der Waals surface area contributed by atoms with E-state index in [9.17, 15) is 9.18 Å². The molecule has 1 amide bonds. The molecule has 5 heterocycles. The molecule has 2 fully saturated rings. The maximum atomic E-state index is 14.9. The second-order valence-corrected chi connectivity index (χ2v) is 9.95. The van der Waals surface area contributed by atoms with Gasteiger partial charge in [0.15, 0.2) is 11.6 Å². The number of nitrogens with one attached hydrogen (secondary N) is 1. The van der Waals surface area contributed by atoms with Gasteiger partial charge >= 0.3 is 0 Å². The van der Waals surface area contributed by atoms with E-state index < -0.39 is 5.82 Å². The average molecular weight is 481 g/mol. The number of aryl methyl sites for hydroxylation is 1. The number of thiophene rings is 1. The Bertz CT molecular complexity index is 1410. The van der Waals surface area contributed by atoms with Crippen LogP contribution in [0.4, 0.5) is 15.9 Å². The molecule has 0 bridgehead atoms. The van der Waals surface area contributed by atoms with E-state index in [4.69, 9.17) is 9.72 Å². The van der Waals surface area contributed by atoms with Crippen LogP contribution >= 0.6 is 11.3 Å². The van der Waals surface area contributed by atoms with Crippen LogP contribution < -0.4 is 15.0 Å². The van der Waals surface area contributed by atoms with Gasteiger partial charge in [0, 0.05) is 43.1 Å². The van der Waals surface area contributed by atoms with Gasteiger partial charge in [0.1, 0.15) is 16.2 Å². The number of anilines is 2. The number of halogens is 1. The number of benzene rings is 1. The Kier molecular flexibility index (Phi) is 5.14. The van der Waals surface area contributed by atoms with Gasteiger partial charge in [-0.05, 0) is 50.2 Å². The topological polar surface area (TPSA) is 75.5 Å². The summed E-state index contributed by atoms with van der Waals surface area (Å²) in [6, 6.07) is 8.16. The van der Waals surface area contributed by atoms with E-state index in [-0.39, 0.29) is 22.9 Å². The van der Waals surface area contributed by atoms with Crippen LogP contribution in [-0.4, -0.2) is 64.9 Å². The normalized spacial score (nSPS) is 18.6. The Hall–Kier alpha value is -3.24. The molecule has 0 spiro atoms. The molecular weight excluding hydrogens is 455 g/mol. The number of pyridine rings is 1. The first-order valence-corrected chi connectivity index (χ1v) is 12.2. The molecule has 1 atom stereocenters. The minimum Gasteiger partial charge on any atom is -0.491 e. The van der Waals surface area contributed by atoms with Crippen LogP contribution in [0.2, 0.25) is 0 Å². The number of aromatic nitrogens is 3. The van der Waals surface area contributed by atoms with Crippen molar-refractivity contribution in [3.05, 3.63) is 41.2 Å². The lowest BCUT2D eigenvalue weighted by Gasteiger charge is -2.36. The average Bonchev–Trinajstić information content (AvgIpc) is 3.50. The van der Waals surface area contributed by atoms with Gasteiger partial charge in [-0.2, -0.15) is 5.10 Å². The smallest absolute Gasteiger partial charge is 0.265 e. The molecule has 4 aromatic rings. The highest BCUT2D eigenvalue weighted by molar-refractivity contribution is 7.20. The summed E-state index contributed by atoms with van der Waals surface area (Å²) in [7, 11) is 3.09. The Morgan fingerprint density at radius 2 is 2.09 bits per heavy atom. The number of hydrogen-bond acceptors (Lipinski definition) is 7. The molecule has 176 valence electrons. The third kappa shape index (κ3) is 3.57. The van der Waals surface area contributed by atoms with Gasteiger partial charge in [-0.15, -0.1) is 11.3 Å². The number of carbonyl (C=O) groups is 1. The summed E-state index contributed by atoms with van der Waals surface area (Å²) < 4.78 is 21.7. The predicted octanol–water partition coefficient (Wildman–Crippen LogP) is 3.87. The van der Waals surface area contributed by atoms with E-state index in [0.29, 0.717) is 16.3 Å². The van der Waals surface area contributed by atoms with E-state index in [2.05, 4.69) is 20.2 Å². The Morgan fingerprint density at radius 3 is 2.85 bits per heavy atom. The van der Waals surface area contributed by atoms with Gasteiger partial charge in [-0.3, -0.25) is 14.4 Å². The summed E-state index contributed by atoms with van der Waals surface area (Å²) >= 11 is 1.33. The van der Waals surface area contributed by atoms with Crippen LogP contribution in [0, 0.1) is 5.82 Å². The largest absolute Gasteiger partial charge is 0.491 e. The van der Waals surface area contributed by atoms with Crippen LogP contribution in [0.1, 0.15) is 22.5 Å². The highest BCUT2D eigenvalue weighted by Gasteiger charge is 2.31. The van der Waals surface area contributed by atoms with Crippen molar-refractivity contribution in [3.8, 4) is 5.75 Å². The number of carbonyl (C=O) groups excluding carboxylic acids is 1. The van der Waals surface area contributed by atoms with Crippen molar-refractivity contribution < 1.29 is 13.9 Å². The molecule has 1 N–H and O–H groups in total. The molecule has 3 aromatic heterocycles. The zero-order chi connectivity index (χ0) is 23.4. The maximum Gasteiger partial charge on any atom is 0.265 e. The van der Waals surface area contributed by atoms with Crippen molar-refractivity contribution >= 4 is 49.9 Å². The first kappa shape index (κ1) is 21.3. The second kappa shape index (κ2) is 8.21. The first-order chi connectivity index (χ1) is 16.5. The SMILES string of the molecule is COc1c(NC(=O)c2cc3ccc(N4CC[C@H](N5CCC5)C4)nc3s2)cc2cn(C)nc2c1F. The molecule has 0 unspecified atom stereocenters. The Morgan fingerprint density at radius 1 is 1.24 bits per heavy atom. The highest BCUT2D eigenvalue weighted by atomic mass is 32.1. The molecular formula is C24H25FN6O2S. The molecule has 0 radical (unpaired) electrons.